The molecule has 1 N–H and O–H groups in total. The predicted molar refractivity (Wildman–Crippen MR) is 79.4 cm³/mol. The van der Waals surface area contributed by atoms with Gasteiger partial charge in [0, 0.05) is 11.9 Å². The van der Waals surface area contributed by atoms with E-state index in [1.807, 2.05) is 0 Å². The van der Waals surface area contributed by atoms with Crippen LogP contribution in [-0.2, 0) is 11.2 Å². The monoisotopic (exact) mass is 311 g/mol. The number of unbranched alkanes of at least 4 members (excludes halogenated alkanes) is 2. The molecule has 0 bridgehead atoms. The Morgan fingerprint density at radius 2 is 2.11 bits per heavy atom. The zero-order valence-electron chi connectivity index (χ0n) is 10.8. The van der Waals surface area contributed by atoms with Crippen LogP contribution < -0.4 is 5.32 Å². The second kappa shape index (κ2) is 7.93. The zero-order chi connectivity index (χ0) is 12.6. The van der Waals surface area contributed by atoms with E-state index in [0.717, 1.165) is 31.4 Å². The second-order valence-electron chi connectivity index (χ2n) is 4.76. The number of halogens is 1. The highest BCUT2D eigenvalue weighted by atomic mass is 79.9. The normalized spacial score (nSPS) is 18.6. The maximum Gasteiger partial charge on any atom is 0.0952 e. The molecule has 2 rings (SSSR count). The molecule has 1 atom stereocenters. The molecular formula is C15H22BrNO. The van der Waals surface area contributed by atoms with Crippen molar-refractivity contribution in [1.82, 2.24) is 5.32 Å². The van der Waals surface area contributed by atoms with Crippen LogP contribution in [0.2, 0.25) is 0 Å². The number of benzene rings is 1. The number of rotatable bonds is 7. The Morgan fingerprint density at radius 1 is 1.22 bits per heavy atom. The molecule has 1 heterocycles. The first kappa shape index (κ1) is 14.0. The van der Waals surface area contributed by atoms with Crippen molar-refractivity contribution in [2.24, 2.45) is 0 Å². The molecule has 1 unspecified atom stereocenters. The lowest BCUT2D eigenvalue weighted by Gasteiger charge is -2.26. The minimum absolute atomic E-state index is 0.242. The number of nitrogens with one attached hydrogen (secondary N) is 1. The summed E-state index contributed by atoms with van der Waals surface area (Å²) in [7, 11) is 0. The van der Waals surface area contributed by atoms with Gasteiger partial charge in [0.1, 0.15) is 0 Å². The highest BCUT2D eigenvalue weighted by molar-refractivity contribution is 9.09. The van der Waals surface area contributed by atoms with Gasteiger partial charge in [0.2, 0.25) is 0 Å². The van der Waals surface area contributed by atoms with E-state index in [9.17, 15) is 0 Å². The highest BCUT2D eigenvalue weighted by Gasteiger charge is 2.19. The van der Waals surface area contributed by atoms with Gasteiger partial charge in [-0.2, -0.15) is 0 Å². The van der Waals surface area contributed by atoms with Gasteiger partial charge in [0.25, 0.3) is 0 Å². The van der Waals surface area contributed by atoms with Crippen LogP contribution in [0.5, 0.6) is 0 Å². The van der Waals surface area contributed by atoms with Gasteiger partial charge in [-0.25, -0.2) is 0 Å². The van der Waals surface area contributed by atoms with Crippen LogP contribution in [-0.4, -0.2) is 25.0 Å². The van der Waals surface area contributed by atoms with Crippen molar-refractivity contribution in [3.05, 3.63) is 35.4 Å². The quantitative estimate of drug-likeness (QED) is 0.615. The first-order valence-electron chi connectivity index (χ1n) is 6.88. The SMILES string of the molecule is BrCCCCCNCC1OCCc2ccccc21. The Labute approximate surface area is 118 Å². The van der Waals surface area contributed by atoms with Crippen molar-refractivity contribution < 1.29 is 4.74 Å². The van der Waals surface area contributed by atoms with Crippen LogP contribution in [0.25, 0.3) is 0 Å². The first-order valence-corrected chi connectivity index (χ1v) is 8.00. The van der Waals surface area contributed by atoms with Gasteiger partial charge in [0.05, 0.1) is 12.7 Å². The van der Waals surface area contributed by atoms with Gasteiger partial charge < -0.3 is 10.1 Å². The summed E-state index contributed by atoms with van der Waals surface area (Å²) in [6.07, 6.45) is 5.11. The van der Waals surface area contributed by atoms with E-state index in [-0.39, 0.29) is 6.10 Å². The van der Waals surface area contributed by atoms with Gasteiger partial charge in [-0.15, -0.1) is 0 Å². The summed E-state index contributed by atoms with van der Waals surface area (Å²) in [6.45, 7) is 2.88. The van der Waals surface area contributed by atoms with Crippen molar-refractivity contribution in [3.63, 3.8) is 0 Å². The largest absolute Gasteiger partial charge is 0.372 e. The molecule has 0 radical (unpaired) electrons. The Hall–Kier alpha value is -0.380. The summed E-state index contributed by atoms with van der Waals surface area (Å²) in [5.41, 5.74) is 2.83. The summed E-state index contributed by atoms with van der Waals surface area (Å²) in [5, 5.41) is 4.63. The van der Waals surface area contributed by atoms with Gasteiger partial charge in [-0.05, 0) is 36.9 Å². The molecule has 1 aromatic carbocycles. The van der Waals surface area contributed by atoms with Crippen LogP contribution in [0.4, 0.5) is 0 Å². The Bertz CT molecular complexity index is 356. The summed E-state index contributed by atoms with van der Waals surface area (Å²) < 4.78 is 5.86. The van der Waals surface area contributed by atoms with Crippen molar-refractivity contribution in [3.8, 4) is 0 Å². The third kappa shape index (κ3) is 4.08. The number of alkyl halides is 1. The average Bonchev–Trinajstić information content (AvgIpc) is 2.43. The lowest BCUT2D eigenvalue weighted by Crippen LogP contribution is -2.28. The van der Waals surface area contributed by atoms with Crippen molar-refractivity contribution in [1.29, 1.82) is 0 Å². The van der Waals surface area contributed by atoms with Crippen LogP contribution in [0.1, 0.15) is 36.5 Å². The maximum absolute atomic E-state index is 5.86. The fourth-order valence-electron chi connectivity index (χ4n) is 2.40. The van der Waals surface area contributed by atoms with E-state index in [1.54, 1.807) is 0 Å². The van der Waals surface area contributed by atoms with E-state index >= 15 is 0 Å². The molecule has 0 saturated carbocycles. The summed E-state index contributed by atoms with van der Waals surface area (Å²) in [5.74, 6) is 0. The fraction of sp³-hybridized carbons (Fsp3) is 0.600. The van der Waals surface area contributed by atoms with Gasteiger partial charge in [-0.3, -0.25) is 0 Å². The van der Waals surface area contributed by atoms with Gasteiger partial charge in [0.15, 0.2) is 0 Å². The van der Waals surface area contributed by atoms with E-state index < -0.39 is 0 Å². The molecule has 0 fully saturated rings. The number of fused-ring (bicyclic) bond motifs is 1. The van der Waals surface area contributed by atoms with Crippen LogP contribution >= 0.6 is 15.9 Å². The Balaban J connectivity index is 1.74. The number of hydrogen-bond acceptors (Lipinski definition) is 2. The standard InChI is InChI=1S/C15H22BrNO/c16-9-4-1-5-10-17-12-15-14-7-3-2-6-13(14)8-11-18-15/h2-3,6-7,15,17H,1,4-5,8-12H2. The summed E-state index contributed by atoms with van der Waals surface area (Å²) >= 11 is 3.46. The lowest BCUT2D eigenvalue weighted by molar-refractivity contribution is 0.0426. The third-order valence-corrected chi connectivity index (χ3v) is 3.97. The fourth-order valence-corrected chi connectivity index (χ4v) is 2.80. The van der Waals surface area contributed by atoms with Crippen LogP contribution in [0.3, 0.4) is 0 Å². The van der Waals surface area contributed by atoms with Crippen LogP contribution in [0, 0.1) is 0 Å². The molecular weight excluding hydrogens is 290 g/mol. The zero-order valence-corrected chi connectivity index (χ0v) is 12.4. The molecule has 2 nitrogen and oxygen atoms in total. The minimum atomic E-state index is 0.242. The molecule has 0 saturated heterocycles. The predicted octanol–water partition coefficient (Wildman–Crippen LogP) is 3.46. The number of ether oxygens (including phenoxy) is 1. The second-order valence-corrected chi connectivity index (χ2v) is 5.56. The minimum Gasteiger partial charge on any atom is -0.372 e. The molecule has 1 aliphatic rings. The van der Waals surface area contributed by atoms with Crippen molar-refractivity contribution in [2.75, 3.05) is 25.0 Å². The maximum atomic E-state index is 5.86. The number of hydrogen-bond donors (Lipinski definition) is 1. The van der Waals surface area contributed by atoms with Crippen molar-refractivity contribution >= 4 is 15.9 Å². The molecule has 0 spiro atoms. The van der Waals surface area contributed by atoms with E-state index in [4.69, 9.17) is 4.74 Å². The molecule has 0 aromatic heterocycles. The van der Waals surface area contributed by atoms with Gasteiger partial charge >= 0.3 is 0 Å². The summed E-state index contributed by atoms with van der Waals surface area (Å²) in [4.78, 5) is 0. The van der Waals surface area contributed by atoms with Crippen LogP contribution in [0.15, 0.2) is 24.3 Å². The molecule has 3 heteroatoms. The summed E-state index contributed by atoms with van der Waals surface area (Å²) in [6, 6.07) is 8.65. The average molecular weight is 312 g/mol. The molecule has 18 heavy (non-hydrogen) atoms. The van der Waals surface area contributed by atoms with Crippen molar-refractivity contribution in [2.45, 2.75) is 31.8 Å². The molecule has 1 aromatic rings. The topological polar surface area (TPSA) is 21.3 Å². The lowest BCUT2D eigenvalue weighted by atomic mass is 9.97. The highest BCUT2D eigenvalue weighted by Crippen LogP contribution is 2.26. The molecule has 100 valence electrons. The molecule has 0 aliphatic carbocycles. The van der Waals surface area contributed by atoms with Gasteiger partial charge in [-0.1, -0.05) is 46.6 Å². The third-order valence-electron chi connectivity index (χ3n) is 3.41. The molecule has 1 aliphatic heterocycles. The molecule has 0 amide bonds. The van der Waals surface area contributed by atoms with E-state index in [1.165, 1.54) is 30.4 Å². The van der Waals surface area contributed by atoms with E-state index in [0.29, 0.717) is 0 Å². The van der Waals surface area contributed by atoms with E-state index in [2.05, 4.69) is 45.5 Å². The first-order chi connectivity index (χ1) is 8.92. The Kier molecular flexibility index (Phi) is 6.18. The smallest absolute Gasteiger partial charge is 0.0952 e. The Morgan fingerprint density at radius 3 is 3.00 bits per heavy atom.